The summed E-state index contributed by atoms with van der Waals surface area (Å²) in [5.74, 6) is 0.506. The molecule has 0 saturated carbocycles. The summed E-state index contributed by atoms with van der Waals surface area (Å²) in [5.41, 5.74) is 2.11. The van der Waals surface area contributed by atoms with Gasteiger partial charge in [-0.05, 0) is 31.7 Å². The van der Waals surface area contributed by atoms with E-state index in [2.05, 4.69) is 10.00 Å². The minimum Gasteiger partial charge on any atom is -0.375 e. The highest BCUT2D eigenvalue weighted by Gasteiger charge is 2.24. The summed E-state index contributed by atoms with van der Waals surface area (Å²) in [6.45, 7) is 6.14. The van der Waals surface area contributed by atoms with Gasteiger partial charge in [0.15, 0.2) is 5.13 Å². The number of rotatable bonds is 3. The van der Waals surface area contributed by atoms with Crippen molar-refractivity contribution >= 4 is 16.5 Å². The Balaban J connectivity index is 1.39. The number of piperidine rings is 1. The normalized spacial score (nSPS) is 18.6. The molecule has 24 heavy (non-hydrogen) atoms. The maximum Gasteiger partial charge on any atom is 0.266 e. The van der Waals surface area contributed by atoms with Crippen LogP contribution in [0, 0.1) is 12.8 Å². The molecular weight excluding hydrogens is 324 g/mol. The van der Waals surface area contributed by atoms with E-state index in [1.807, 2.05) is 6.92 Å². The van der Waals surface area contributed by atoms with Gasteiger partial charge in [-0.2, -0.15) is 5.10 Å². The van der Waals surface area contributed by atoms with Gasteiger partial charge in [0.05, 0.1) is 29.5 Å². The Bertz CT molecular complexity index is 754. The largest absolute Gasteiger partial charge is 0.375 e. The zero-order chi connectivity index (χ0) is 16.5. The summed E-state index contributed by atoms with van der Waals surface area (Å²) >= 11 is 1.77. The number of aromatic nitrogens is 3. The molecule has 0 bridgehead atoms. The zero-order valence-corrected chi connectivity index (χ0v) is 14.7. The fraction of sp³-hybridized carbons (Fsp3) is 0.588. The molecule has 0 radical (unpaired) electrons. The standard InChI is InChI=1S/C17H22N4O2S/c1-12-2-3-16(22)21(19-12)10-13-4-7-20(8-5-13)17-18-14-6-9-23-11-15(14)24-17/h2-3,13H,4-11H2,1H3. The number of ether oxygens (including phenoxy) is 1. The lowest BCUT2D eigenvalue weighted by atomic mass is 9.97. The molecule has 1 saturated heterocycles. The van der Waals surface area contributed by atoms with E-state index in [0.717, 1.165) is 56.3 Å². The second-order valence-electron chi connectivity index (χ2n) is 6.59. The first kappa shape index (κ1) is 15.8. The first-order valence-electron chi connectivity index (χ1n) is 8.55. The minimum absolute atomic E-state index is 0.00405. The van der Waals surface area contributed by atoms with E-state index in [-0.39, 0.29) is 5.56 Å². The number of hydrogen-bond donors (Lipinski definition) is 0. The highest BCUT2D eigenvalue weighted by molar-refractivity contribution is 7.15. The van der Waals surface area contributed by atoms with Crippen LogP contribution in [-0.4, -0.2) is 34.5 Å². The monoisotopic (exact) mass is 346 g/mol. The average Bonchev–Trinajstić information content (AvgIpc) is 3.03. The van der Waals surface area contributed by atoms with Crippen molar-refractivity contribution < 1.29 is 4.74 Å². The smallest absolute Gasteiger partial charge is 0.266 e. The third kappa shape index (κ3) is 3.23. The fourth-order valence-corrected chi connectivity index (χ4v) is 4.48. The van der Waals surface area contributed by atoms with Crippen LogP contribution in [0.1, 0.15) is 29.1 Å². The van der Waals surface area contributed by atoms with Gasteiger partial charge in [-0.1, -0.05) is 11.3 Å². The summed E-state index contributed by atoms with van der Waals surface area (Å²) < 4.78 is 7.13. The van der Waals surface area contributed by atoms with Gasteiger partial charge in [-0.25, -0.2) is 9.67 Å². The van der Waals surface area contributed by atoms with Crippen molar-refractivity contribution in [2.45, 2.75) is 39.3 Å². The quantitative estimate of drug-likeness (QED) is 0.851. The van der Waals surface area contributed by atoms with E-state index < -0.39 is 0 Å². The van der Waals surface area contributed by atoms with Gasteiger partial charge in [-0.3, -0.25) is 4.79 Å². The molecule has 7 heteroatoms. The number of thiazole rings is 1. The Morgan fingerprint density at radius 3 is 2.96 bits per heavy atom. The first-order chi connectivity index (χ1) is 11.7. The fourth-order valence-electron chi connectivity index (χ4n) is 3.38. The molecule has 0 amide bonds. The summed E-state index contributed by atoms with van der Waals surface area (Å²) in [4.78, 5) is 20.4. The summed E-state index contributed by atoms with van der Waals surface area (Å²) in [6, 6.07) is 3.38. The number of anilines is 1. The molecule has 0 N–H and O–H groups in total. The second kappa shape index (κ2) is 6.64. The lowest BCUT2D eigenvalue weighted by molar-refractivity contribution is 0.112. The maximum atomic E-state index is 11.9. The Hall–Kier alpha value is -1.73. The van der Waals surface area contributed by atoms with Crippen LogP contribution < -0.4 is 10.5 Å². The highest BCUT2D eigenvalue weighted by Crippen LogP contribution is 2.32. The number of nitrogens with zero attached hydrogens (tertiary/aromatic N) is 4. The summed E-state index contributed by atoms with van der Waals surface area (Å²) in [7, 11) is 0. The zero-order valence-electron chi connectivity index (χ0n) is 13.9. The molecule has 2 aromatic heterocycles. The van der Waals surface area contributed by atoms with Gasteiger partial charge < -0.3 is 9.64 Å². The predicted molar refractivity (Wildman–Crippen MR) is 93.6 cm³/mol. The van der Waals surface area contributed by atoms with Crippen molar-refractivity contribution in [3.63, 3.8) is 0 Å². The topological polar surface area (TPSA) is 60.2 Å². The van der Waals surface area contributed by atoms with Crippen molar-refractivity contribution in [3.05, 3.63) is 38.8 Å². The van der Waals surface area contributed by atoms with E-state index >= 15 is 0 Å². The highest BCUT2D eigenvalue weighted by atomic mass is 32.1. The van der Waals surface area contributed by atoms with E-state index in [4.69, 9.17) is 9.72 Å². The number of fused-ring (bicyclic) bond motifs is 1. The molecule has 2 aliphatic rings. The minimum atomic E-state index is -0.00405. The van der Waals surface area contributed by atoms with E-state index in [1.54, 1.807) is 28.2 Å². The van der Waals surface area contributed by atoms with Crippen molar-refractivity contribution in [1.29, 1.82) is 0 Å². The Kier molecular flexibility index (Phi) is 4.37. The van der Waals surface area contributed by atoms with Crippen molar-refractivity contribution in [2.24, 2.45) is 5.92 Å². The molecule has 6 nitrogen and oxygen atoms in total. The van der Waals surface area contributed by atoms with Crippen molar-refractivity contribution in [2.75, 3.05) is 24.6 Å². The molecular formula is C17H22N4O2S. The number of aryl methyl sites for hydroxylation is 1. The van der Waals surface area contributed by atoms with Gasteiger partial charge in [0.2, 0.25) is 0 Å². The lowest BCUT2D eigenvalue weighted by Crippen LogP contribution is -2.36. The van der Waals surface area contributed by atoms with Crippen molar-refractivity contribution in [3.8, 4) is 0 Å². The SMILES string of the molecule is Cc1ccc(=O)n(CC2CCN(c3nc4c(s3)COCC4)CC2)n1. The third-order valence-corrected chi connectivity index (χ3v) is 5.93. The molecule has 0 unspecified atom stereocenters. The van der Waals surface area contributed by atoms with Crippen molar-refractivity contribution in [1.82, 2.24) is 14.8 Å². The molecule has 0 spiro atoms. The summed E-state index contributed by atoms with van der Waals surface area (Å²) in [6.07, 6.45) is 3.08. The molecule has 4 rings (SSSR count). The van der Waals surface area contributed by atoms with Gasteiger partial charge in [0.25, 0.3) is 5.56 Å². The molecule has 0 aromatic carbocycles. The van der Waals surface area contributed by atoms with Gasteiger partial charge in [-0.15, -0.1) is 0 Å². The Morgan fingerprint density at radius 2 is 2.17 bits per heavy atom. The Labute approximate surface area is 145 Å². The third-order valence-electron chi connectivity index (χ3n) is 4.80. The second-order valence-corrected chi connectivity index (χ2v) is 7.66. The van der Waals surface area contributed by atoms with Gasteiger partial charge in [0.1, 0.15) is 0 Å². The molecule has 2 aromatic rings. The average molecular weight is 346 g/mol. The first-order valence-corrected chi connectivity index (χ1v) is 9.37. The molecule has 128 valence electrons. The summed E-state index contributed by atoms with van der Waals surface area (Å²) in [5, 5.41) is 5.49. The van der Waals surface area contributed by atoms with Gasteiger partial charge >= 0.3 is 0 Å². The molecule has 1 fully saturated rings. The van der Waals surface area contributed by atoms with Gasteiger partial charge in [0, 0.05) is 32.1 Å². The molecule has 0 aliphatic carbocycles. The van der Waals surface area contributed by atoms with Crippen LogP contribution >= 0.6 is 11.3 Å². The molecule has 2 aliphatic heterocycles. The molecule has 4 heterocycles. The lowest BCUT2D eigenvalue weighted by Gasteiger charge is -2.31. The van der Waals surface area contributed by atoms with E-state index in [9.17, 15) is 4.79 Å². The predicted octanol–water partition coefficient (Wildman–Crippen LogP) is 2.00. The number of hydrogen-bond acceptors (Lipinski definition) is 6. The van der Waals surface area contributed by atoms with E-state index in [1.165, 1.54) is 10.6 Å². The van der Waals surface area contributed by atoms with E-state index in [0.29, 0.717) is 12.5 Å². The van der Waals surface area contributed by atoms with Crippen LogP contribution in [0.2, 0.25) is 0 Å². The van der Waals surface area contributed by atoms with Crippen LogP contribution in [0.25, 0.3) is 0 Å². The van der Waals surface area contributed by atoms with Crippen LogP contribution in [0.15, 0.2) is 16.9 Å². The molecule has 0 atom stereocenters. The van der Waals surface area contributed by atoms with Crippen LogP contribution in [0.4, 0.5) is 5.13 Å². The van der Waals surface area contributed by atoms with Crippen LogP contribution in [0.3, 0.4) is 0 Å². The Morgan fingerprint density at radius 1 is 1.33 bits per heavy atom. The van der Waals surface area contributed by atoms with Crippen LogP contribution in [-0.2, 0) is 24.3 Å². The van der Waals surface area contributed by atoms with Crippen LogP contribution in [0.5, 0.6) is 0 Å². The maximum absolute atomic E-state index is 11.9.